The fourth-order valence-corrected chi connectivity index (χ4v) is 2.75. The molecule has 1 fully saturated rings. The highest BCUT2D eigenvalue weighted by Crippen LogP contribution is 2.37. The second-order valence-corrected chi connectivity index (χ2v) is 5.92. The number of benzene rings is 1. The number of aromatic nitrogens is 2. The minimum Gasteiger partial charge on any atom is -0.327 e. The van der Waals surface area contributed by atoms with Gasteiger partial charge in [0.1, 0.15) is 5.82 Å². The molecule has 0 bridgehead atoms. The van der Waals surface area contributed by atoms with Crippen molar-refractivity contribution in [1.82, 2.24) is 9.55 Å². The molecule has 3 nitrogen and oxygen atoms in total. The smallest absolute Gasteiger partial charge is 0.112 e. The Labute approximate surface area is 113 Å². The molecule has 0 amide bonds. The second kappa shape index (κ2) is 4.70. The minimum atomic E-state index is 0.604. The van der Waals surface area contributed by atoms with Crippen LogP contribution in [0, 0.1) is 17.2 Å². The number of rotatable bonds is 3. The number of imidazole rings is 1. The predicted octanol–water partition coefficient (Wildman–Crippen LogP) is 3.83. The zero-order valence-corrected chi connectivity index (χ0v) is 11.6. The molecule has 1 heterocycles. The van der Waals surface area contributed by atoms with Crippen LogP contribution in [0.4, 0.5) is 0 Å². The van der Waals surface area contributed by atoms with Crippen molar-refractivity contribution >= 4 is 11.0 Å². The molecule has 0 saturated heterocycles. The van der Waals surface area contributed by atoms with E-state index in [1.54, 1.807) is 0 Å². The van der Waals surface area contributed by atoms with Gasteiger partial charge < -0.3 is 4.57 Å². The number of hydrogen-bond acceptors (Lipinski definition) is 2. The molecule has 0 radical (unpaired) electrons. The van der Waals surface area contributed by atoms with Gasteiger partial charge in [-0.2, -0.15) is 5.26 Å². The van der Waals surface area contributed by atoms with Gasteiger partial charge in [0.15, 0.2) is 0 Å². The Bertz CT molecular complexity index is 642. The van der Waals surface area contributed by atoms with E-state index in [0.29, 0.717) is 17.4 Å². The first-order valence-corrected chi connectivity index (χ1v) is 7.09. The molecular formula is C16H19N3. The van der Waals surface area contributed by atoms with Crippen molar-refractivity contribution in [3.8, 4) is 6.07 Å². The number of hydrogen-bond donors (Lipinski definition) is 0. The predicted molar refractivity (Wildman–Crippen MR) is 75.9 cm³/mol. The van der Waals surface area contributed by atoms with E-state index in [2.05, 4.69) is 24.5 Å². The third kappa shape index (κ3) is 2.12. The van der Waals surface area contributed by atoms with Crippen molar-refractivity contribution in [2.75, 3.05) is 0 Å². The number of fused-ring (bicyclic) bond motifs is 1. The highest BCUT2D eigenvalue weighted by molar-refractivity contribution is 5.78. The van der Waals surface area contributed by atoms with E-state index in [4.69, 9.17) is 10.2 Å². The Balaban J connectivity index is 2.14. The number of nitrogens with zero attached hydrogens (tertiary/aromatic N) is 3. The van der Waals surface area contributed by atoms with Gasteiger partial charge in [0.2, 0.25) is 0 Å². The van der Waals surface area contributed by atoms with Crippen LogP contribution in [0.25, 0.3) is 11.0 Å². The summed E-state index contributed by atoms with van der Waals surface area (Å²) in [5, 5.41) is 9.00. The Morgan fingerprint density at radius 1 is 1.42 bits per heavy atom. The first kappa shape index (κ1) is 12.2. The third-order valence-corrected chi connectivity index (χ3v) is 3.92. The van der Waals surface area contributed by atoms with Gasteiger partial charge in [0.25, 0.3) is 0 Å². The lowest BCUT2D eigenvalue weighted by Crippen LogP contribution is -2.17. The van der Waals surface area contributed by atoms with Crippen molar-refractivity contribution in [2.24, 2.45) is 5.92 Å². The van der Waals surface area contributed by atoms with Crippen molar-refractivity contribution in [1.29, 1.82) is 5.26 Å². The van der Waals surface area contributed by atoms with Crippen LogP contribution < -0.4 is 0 Å². The molecule has 0 aliphatic heterocycles. The number of nitriles is 1. The lowest BCUT2D eigenvalue weighted by Gasteiger charge is -2.26. The van der Waals surface area contributed by atoms with Gasteiger partial charge in [-0.1, -0.05) is 20.3 Å². The van der Waals surface area contributed by atoms with Crippen molar-refractivity contribution < 1.29 is 0 Å². The van der Waals surface area contributed by atoms with Gasteiger partial charge in [0, 0.05) is 12.5 Å². The normalized spacial score (nSPS) is 15.7. The summed E-state index contributed by atoms with van der Waals surface area (Å²) in [7, 11) is 0. The van der Waals surface area contributed by atoms with E-state index in [-0.39, 0.29) is 0 Å². The van der Waals surface area contributed by atoms with Crippen LogP contribution in [0.2, 0.25) is 0 Å². The van der Waals surface area contributed by atoms with E-state index in [1.165, 1.54) is 30.6 Å². The monoisotopic (exact) mass is 253 g/mol. The van der Waals surface area contributed by atoms with E-state index in [9.17, 15) is 0 Å². The maximum Gasteiger partial charge on any atom is 0.112 e. The zero-order valence-electron chi connectivity index (χ0n) is 11.6. The Hall–Kier alpha value is -1.82. The van der Waals surface area contributed by atoms with Crippen LogP contribution in [-0.4, -0.2) is 9.55 Å². The van der Waals surface area contributed by atoms with Crippen LogP contribution in [0.1, 0.15) is 50.4 Å². The molecule has 1 aromatic carbocycles. The van der Waals surface area contributed by atoms with Gasteiger partial charge >= 0.3 is 0 Å². The molecular weight excluding hydrogens is 234 g/mol. The SMILES string of the molecule is CC(C)Cn1c(C2CCC2)nc2cc(C#N)ccc21. The summed E-state index contributed by atoms with van der Waals surface area (Å²) in [6.45, 7) is 5.48. The molecule has 2 aromatic rings. The first-order chi connectivity index (χ1) is 9.19. The third-order valence-electron chi connectivity index (χ3n) is 3.92. The average molecular weight is 253 g/mol. The lowest BCUT2D eigenvalue weighted by molar-refractivity contribution is 0.379. The molecule has 1 saturated carbocycles. The summed E-state index contributed by atoms with van der Waals surface area (Å²) in [5.41, 5.74) is 2.85. The Morgan fingerprint density at radius 3 is 2.79 bits per heavy atom. The molecule has 1 aromatic heterocycles. The van der Waals surface area contributed by atoms with Crippen molar-refractivity contribution in [3.63, 3.8) is 0 Å². The Morgan fingerprint density at radius 2 is 2.21 bits per heavy atom. The summed E-state index contributed by atoms with van der Waals surface area (Å²) in [6.07, 6.45) is 3.83. The van der Waals surface area contributed by atoms with Crippen LogP contribution in [-0.2, 0) is 6.54 Å². The fourth-order valence-electron chi connectivity index (χ4n) is 2.75. The topological polar surface area (TPSA) is 41.6 Å². The van der Waals surface area contributed by atoms with E-state index >= 15 is 0 Å². The van der Waals surface area contributed by atoms with E-state index in [1.807, 2.05) is 18.2 Å². The molecule has 0 spiro atoms. The summed E-state index contributed by atoms with van der Waals surface area (Å²) >= 11 is 0. The van der Waals surface area contributed by atoms with Crippen LogP contribution >= 0.6 is 0 Å². The molecule has 3 heteroatoms. The van der Waals surface area contributed by atoms with Gasteiger partial charge in [-0.3, -0.25) is 0 Å². The maximum absolute atomic E-state index is 9.00. The maximum atomic E-state index is 9.00. The van der Waals surface area contributed by atoms with Crippen molar-refractivity contribution in [3.05, 3.63) is 29.6 Å². The van der Waals surface area contributed by atoms with E-state index in [0.717, 1.165) is 12.1 Å². The van der Waals surface area contributed by atoms with Crippen molar-refractivity contribution in [2.45, 2.75) is 45.6 Å². The molecule has 19 heavy (non-hydrogen) atoms. The Kier molecular flexibility index (Phi) is 3.02. The fraction of sp³-hybridized carbons (Fsp3) is 0.500. The second-order valence-electron chi connectivity index (χ2n) is 5.92. The molecule has 1 aliphatic carbocycles. The van der Waals surface area contributed by atoms with Gasteiger partial charge in [-0.25, -0.2) is 4.98 Å². The summed E-state index contributed by atoms with van der Waals surface area (Å²) < 4.78 is 2.37. The molecule has 3 rings (SSSR count). The molecule has 0 unspecified atom stereocenters. The highest BCUT2D eigenvalue weighted by Gasteiger charge is 2.26. The average Bonchev–Trinajstić information content (AvgIpc) is 2.64. The highest BCUT2D eigenvalue weighted by atomic mass is 15.1. The lowest BCUT2D eigenvalue weighted by atomic mass is 9.85. The quantitative estimate of drug-likeness (QED) is 0.834. The standard InChI is InChI=1S/C16H19N3/c1-11(2)10-19-15-7-6-12(9-17)8-14(15)18-16(19)13-4-3-5-13/h6-8,11,13H,3-5,10H2,1-2H3. The molecule has 0 N–H and O–H groups in total. The zero-order chi connectivity index (χ0) is 13.4. The van der Waals surface area contributed by atoms with Gasteiger partial charge in [-0.15, -0.1) is 0 Å². The summed E-state index contributed by atoms with van der Waals surface area (Å²) in [6, 6.07) is 8.05. The van der Waals surface area contributed by atoms with Gasteiger partial charge in [0.05, 0.1) is 22.7 Å². The summed E-state index contributed by atoms with van der Waals surface area (Å²) in [4.78, 5) is 4.81. The summed E-state index contributed by atoms with van der Waals surface area (Å²) in [5.74, 6) is 2.45. The van der Waals surface area contributed by atoms with Crippen LogP contribution in [0.15, 0.2) is 18.2 Å². The van der Waals surface area contributed by atoms with E-state index < -0.39 is 0 Å². The van der Waals surface area contributed by atoms with Gasteiger partial charge in [-0.05, 0) is 37.0 Å². The molecule has 98 valence electrons. The molecule has 0 atom stereocenters. The van der Waals surface area contributed by atoms with Crippen LogP contribution in [0.3, 0.4) is 0 Å². The molecule has 1 aliphatic rings. The van der Waals surface area contributed by atoms with Crippen LogP contribution in [0.5, 0.6) is 0 Å². The minimum absolute atomic E-state index is 0.604. The first-order valence-electron chi connectivity index (χ1n) is 7.09. The largest absolute Gasteiger partial charge is 0.327 e.